The molecule has 4 rings (SSSR count). The number of rotatable bonds is 2. The first-order valence-corrected chi connectivity index (χ1v) is 8.21. The standard InChI is InChI=1S/C18H23NO2/c1-19-16-6-4-14(10-13(16)5-7-17(19)20)18(21)15-9-11-2-3-12(15)8-11/h4,6,10-12,15,18,21H,2-3,5,7-9H2,1H3. The van der Waals surface area contributed by atoms with Crippen molar-refractivity contribution in [3.05, 3.63) is 29.3 Å². The maximum Gasteiger partial charge on any atom is 0.227 e. The smallest absolute Gasteiger partial charge is 0.227 e. The Hall–Kier alpha value is -1.35. The number of aliphatic hydroxyl groups is 1. The van der Waals surface area contributed by atoms with Crippen molar-refractivity contribution in [1.29, 1.82) is 0 Å². The van der Waals surface area contributed by atoms with Gasteiger partial charge in [0, 0.05) is 19.2 Å². The van der Waals surface area contributed by atoms with Crippen LogP contribution in [0.25, 0.3) is 0 Å². The van der Waals surface area contributed by atoms with Gasteiger partial charge in [-0.2, -0.15) is 0 Å². The van der Waals surface area contributed by atoms with E-state index in [1.54, 1.807) is 4.90 Å². The van der Waals surface area contributed by atoms with Crippen LogP contribution in [0.4, 0.5) is 5.69 Å². The Morgan fingerprint density at radius 3 is 2.81 bits per heavy atom. The van der Waals surface area contributed by atoms with Crippen molar-refractivity contribution >= 4 is 11.6 Å². The summed E-state index contributed by atoms with van der Waals surface area (Å²) in [6, 6.07) is 6.16. The van der Waals surface area contributed by atoms with E-state index < -0.39 is 0 Å². The van der Waals surface area contributed by atoms with Crippen molar-refractivity contribution in [2.75, 3.05) is 11.9 Å². The highest BCUT2D eigenvalue weighted by atomic mass is 16.3. The number of aryl methyl sites for hydroxylation is 1. The third-order valence-corrected chi connectivity index (χ3v) is 5.99. The number of aliphatic hydroxyl groups excluding tert-OH is 1. The molecule has 1 aromatic carbocycles. The Kier molecular flexibility index (Phi) is 3.07. The van der Waals surface area contributed by atoms with Gasteiger partial charge in [0.05, 0.1) is 6.10 Å². The highest BCUT2D eigenvalue weighted by Crippen LogP contribution is 2.52. The molecule has 3 heteroatoms. The van der Waals surface area contributed by atoms with E-state index in [-0.39, 0.29) is 12.0 Å². The molecular formula is C18H23NO2. The van der Waals surface area contributed by atoms with Crippen molar-refractivity contribution in [1.82, 2.24) is 0 Å². The van der Waals surface area contributed by atoms with Gasteiger partial charge in [-0.3, -0.25) is 4.79 Å². The van der Waals surface area contributed by atoms with E-state index in [1.165, 1.54) is 31.2 Å². The molecule has 4 atom stereocenters. The van der Waals surface area contributed by atoms with Gasteiger partial charge in [0.25, 0.3) is 0 Å². The topological polar surface area (TPSA) is 40.5 Å². The molecule has 2 aliphatic carbocycles. The van der Waals surface area contributed by atoms with Crippen molar-refractivity contribution in [2.24, 2.45) is 17.8 Å². The number of benzene rings is 1. The first-order chi connectivity index (χ1) is 10.1. The van der Waals surface area contributed by atoms with E-state index in [9.17, 15) is 9.90 Å². The van der Waals surface area contributed by atoms with Crippen molar-refractivity contribution in [3.8, 4) is 0 Å². The van der Waals surface area contributed by atoms with Crippen LogP contribution in [-0.4, -0.2) is 18.1 Å². The molecule has 1 aliphatic heterocycles. The van der Waals surface area contributed by atoms with E-state index in [0.29, 0.717) is 12.3 Å². The SMILES string of the molecule is CN1C(=O)CCc2cc(C(O)C3CC4CCC3C4)ccc21. The second kappa shape index (κ2) is 4.84. The maximum atomic E-state index is 11.7. The summed E-state index contributed by atoms with van der Waals surface area (Å²) in [6.07, 6.45) is 6.24. The van der Waals surface area contributed by atoms with E-state index >= 15 is 0 Å². The van der Waals surface area contributed by atoms with Crippen LogP contribution in [0.15, 0.2) is 18.2 Å². The maximum absolute atomic E-state index is 11.7. The number of fused-ring (bicyclic) bond motifs is 3. The van der Waals surface area contributed by atoms with Crippen LogP contribution in [-0.2, 0) is 11.2 Å². The largest absolute Gasteiger partial charge is 0.388 e. The van der Waals surface area contributed by atoms with Crippen molar-refractivity contribution in [2.45, 2.75) is 44.6 Å². The lowest BCUT2D eigenvalue weighted by molar-refractivity contribution is -0.118. The number of amides is 1. The quantitative estimate of drug-likeness (QED) is 0.907. The second-order valence-electron chi connectivity index (χ2n) is 7.12. The highest BCUT2D eigenvalue weighted by molar-refractivity contribution is 5.95. The van der Waals surface area contributed by atoms with E-state index in [0.717, 1.165) is 29.5 Å². The molecule has 2 bridgehead atoms. The second-order valence-corrected chi connectivity index (χ2v) is 7.12. The average Bonchev–Trinajstić information content (AvgIpc) is 3.13. The minimum atomic E-state index is -0.325. The first kappa shape index (κ1) is 13.3. The summed E-state index contributed by atoms with van der Waals surface area (Å²) in [5.74, 6) is 2.22. The Morgan fingerprint density at radius 1 is 1.24 bits per heavy atom. The molecule has 4 unspecified atom stereocenters. The molecule has 1 aromatic rings. The molecule has 1 heterocycles. The van der Waals surface area contributed by atoms with Gasteiger partial charge in [-0.1, -0.05) is 18.6 Å². The minimum Gasteiger partial charge on any atom is -0.388 e. The normalized spacial score (nSPS) is 32.4. The number of hydrogen-bond acceptors (Lipinski definition) is 2. The fraction of sp³-hybridized carbons (Fsp3) is 0.611. The predicted molar refractivity (Wildman–Crippen MR) is 82.1 cm³/mol. The number of anilines is 1. The number of carbonyl (C=O) groups is 1. The molecule has 2 fully saturated rings. The molecule has 0 spiro atoms. The van der Waals surface area contributed by atoms with Crippen LogP contribution < -0.4 is 4.90 Å². The summed E-state index contributed by atoms with van der Waals surface area (Å²) in [4.78, 5) is 13.5. The molecule has 0 radical (unpaired) electrons. The Balaban J connectivity index is 1.60. The van der Waals surface area contributed by atoms with Crippen LogP contribution in [0.3, 0.4) is 0 Å². The highest BCUT2D eigenvalue weighted by Gasteiger charge is 2.43. The van der Waals surface area contributed by atoms with Crippen LogP contribution in [0.5, 0.6) is 0 Å². The zero-order valence-electron chi connectivity index (χ0n) is 12.6. The summed E-state index contributed by atoms with van der Waals surface area (Å²) in [7, 11) is 1.84. The van der Waals surface area contributed by atoms with Crippen LogP contribution in [0.1, 0.15) is 49.3 Å². The van der Waals surface area contributed by atoms with Crippen molar-refractivity contribution in [3.63, 3.8) is 0 Å². The van der Waals surface area contributed by atoms with Gasteiger partial charge >= 0.3 is 0 Å². The lowest BCUT2D eigenvalue weighted by Crippen LogP contribution is -2.31. The molecule has 21 heavy (non-hydrogen) atoms. The minimum absolute atomic E-state index is 0.184. The summed E-state index contributed by atoms with van der Waals surface area (Å²) in [6.45, 7) is 0. The van der Waals surface area contributed by atoms with Crippen molar-refractivity contribution < 1.29 is 9.90 Å². The summed E-state index contributed by atoms with van der Waals surface area (Å²) in [5, 5.41) is 10.8. The molecular weight excluding hydrogens is 262 g/mol. The fourth-order valence-corrected chi connectivity index (χ4v) is 4.79. The molecule has 1 N–H and O–H groups in total. The van der Waals surface area contributed by atoms with Gasteiger partial charge in [0.2, 0.25) is 5.91 Å². The number of carbonyl (C=O) groups excluding carboxylic acids is 1. The fourth-order valence-electron chi connectivity index (χ4n) is 4.79. The monoisotopic (exact) mass is 285 g/mol. The molecule has 1 amide bonds. The Labute approximate surface area is 126 Å². The molecule has 3 nitrogen and oxygen atoms in total. The Bertz CT molecular complexity index is 583. The molecule has 2 saturated carbocycles. The first-order valence-electron chi connectivity index (χ1n) is 8.21. The lowest BCUT2D eigenvalue weighted by atomic mass is 9.81. The number of nitrogens with zero attached hydrogens (tertiary/aromatic N) is 1. The molecule has 3 aliphatic rings. The van der Waals surface area contributed by atoms with Gasteiger partial charge in [-0.15, -0.1) is 0 Å². The van der Waals surface area contributed by atoms with Gasteiger partial charge in [0.1, 0.15) is 0 Å². The zero-order chi connectivity index (χ0) is 14.6. The van der Waals surface area contributed by atoms with Crippen LogP contribution in [0, 0.1) is 17.8 Å². The molecule has 0 aromatic heterocycles. The summed E-state index contributed by atoms with van der Waals surface area (Å²) < 4.78 is 0. The van der Waals surface area contributed by atoms with E-state index in [2.05, 4.69) is 6.07 Å². The molecule has 112 valence electrons. The summed E-state index contributed by atoms with van der Waals surface area (Å²) >= 11 is 0. The third-order valence-electron chi connectivity index (χ3n) is 5.99. The summed E-state index contributed by atoms with van der Waals surface area (Å²) in [5.41, 5.74) is 3.26. The predicted octanol–water partition coefficient (Wildman–Crippen LogP) is 3.07. The third kappa shape index (κ3) is 2.10. The Morgan fingerprint density at radius 2 is 2.10 bits per heavy atom. The van der Waals surface area contributed by atoms with Gasteiger partial charge in [-0.25, -0.2) is 0 Å². The van der Waals surface area contributed by atoms with E-state index in [1.807, 2.05) is 19.2 Å². The molecule has 0 saturated heterocycles. The van der Waals surface area contributed by atoms with Gasteiger partial charge in [0.15, 0.2) is 0 Å². The average molecular weight is 285 g/mol. The van der Waals surface area contributed by atoms with E-state index in [4.69, 9.17) is 0 Å². The number of hydrogen-bond donors (Lipinski definition) is 1. The lowest BCUT2D eigenvalue weighted by Gasteiger charge is -2.30. The van der Waals surface area contributed by atoms with Crippen LogP contribution >= 0.6 is 0 Å². The van der Waals surface area contributed by atoms with Gasteiger partial charge in [-0.05, 0) is 60.6 Å². The van der Waals surface area contributed by atoms with Crippen LogP contribution in [0.2, 0.25) is 0 Å². The zero-order valence-corrected chi connectivity index (χ0v) is 12.6. The van der Waals surface area contributed by atoms with Gasteiger partial charge < -0.3 is 10.0 Å².